The van der Waals surface area contributed by atoms with Crippen LogP contribution in [0.4, 0.5) is 24.5 Å². The van der Waals surface area contributed by atoms with E-state index < -0.39 is 23.7 Å². The van der Waals surface area contributed by atoms with Crippen LogP contribution < -0.4 is 5.32 Å². The number of halogens is 3. The summed E-state index contributed by atoms with van der Waals surface area (Å²) in [4.78, 5) is 26.7. The van der Waals surface area contributed by atoms with Crippen LogP contribution in [-0.4, -0.2) is 29.8 Å². The zero-order valence-corrected chi connectivity index (χ0v) is 17.5. The van der Waals surface area contributed by atoms with Gasteiger partial charge in [-0.2, -0.15) is 23.4 Å². The smallest absolute Gasteiger partial charge is 0.339 e. The maximum atomic E-state index is 13.2. The molecule has 2 amide bonds. The molecule has 9 heteroatoms. The second-order valence-corrected chi connectivity index (χ2v) is 8.13. The molecule has 1 saturated carbocycles. The first-order chi connectivity index (χ1) is 15.3. The molecule has 4 rings (SSSR count). The van der Waals surface area contributed by atoms with E-state index in [9.17, 15) is 22.8 Å². The van der Waals surface area contributed by atoms with Crippen LogP contribution in [0.5, 0.6) is 0 Å². The van der Waals surface area contributed by atoms with Gasteiger partial charge in [-0.05, 0) is 43.2 Å². The van der Waals surface area contributed by atoms with Gasteiger partial charge < -0.3 is 10.2 Å². The summed E-state index contributed by atoms with van der Waals surface area (Å²) in [6, 6.07) is 9.16. The van der Waals surface area contributed by atoms with Crippen LogP contribution in [-0.2, 0) is 11.0 Å². The van der Waals surface area contributed by atoms with Crippen molar-refractivity contribution in [2.75, 3.05) is 12.4 Å². The van der Waals surface area contributed by atoms with E-state index in [1.165, 1.54) is 18.6 Å². The third kappa shape index (κ3) is 4.37. The number of alkyl halides is 3. The molecular weight excluding hydrogens is 421 g/mol. The summed E-state index contributed by atoms with van der Waals surface area (Å²) in [7, 11) is 1.82. The molecule has 168 valence electrons. The van der Waals surface area contributed by atoms with Crippen molar-refractivity contribution in [1.29, 1.82) is 0 Å². The highest BCUT2D eigenvalue weighted by molar-refractivity contribution is 6.03. The van der Waals surface area contributed by atoms with E-state index in [0.717, 1.165) is 31.7 Å². The SMILES string of the molecule is CN(C(=O)c1ccc(N=N[C@@H]2C(=O)Nc3c2cccc3C(F)(F)F)cc1)C1CCCCC1. The van der Waals surface area contributed by atoms with Crippen LogP contribution >= 0.6 is 0 Å². The number of nitrogens with zero attached hydrogens (tertiary/aromatic N) is 3. The van der Waals surface area contributed by atoms with Gasteiger partial charge in [0.05, 0.1) is 16.9 Å². The quantitative estimate of drug-likeness (QED) is 0.598. The third-order valence-electron chi connectivity index (χ3n) is 6.04. The van der Waals surface area contributed by atoms with Crippen LogP contribution in [0.15, 0.2) is 52.7 Å². The highest BCUT2D eigenvalue weighted by Gasteiger charge is 2.40. The van der Waals surface area contributed by atoms with Gasteiger partial charge >= 0.3 is 6.18 Å². The lowest BCUT2D eigenvalue weighted by atomic mass is 9.94. The average Bonchev–Trinajstić information content (AvgIpc) is 3.11. The Morgan fingerprint density at radius 3 is 2.41 bits per heavy atom. The molecule has 6 nitrogen and oxygen atoms in total. The Bertz CT molecular complexity index is 1040. The molecule has 1 N–H and O–H groups in total. The van der Waals surface area contributed by atoms with Crippen molar-refractivity contribution in [2.24, 2.45) is 10.2 Å². The number of para-hydroxylation sites is 1. The molecule has 0 radical (unpaired) electrons. The first kappa shape index (κ1) is 22.0. The summed E-state index contributed by atoms with van der Waals surface area (Å²) < 4.78 is 39.6. The summed E-state index contributed by atoms with van der Waals surface area (Å²) in [6.07, 6.45) is 0.899. The predicted octanol–water partition coefficient (Wildman–Crippen LogP) is 5.89. The molecule has 1 aliphatic heterocycles. The molecule has 2 aromatic carbocycles. The van der Waals surface area contributed by atoms with Crippen molar-refractivity contribution in [3.05, 3.63) is 59.2 Å². The number of fused-ring (bicyclic) bond motifs is 1. The van der Waals surface area contributed by atoms with Gasteiger partial charge in [0.1, 0.15) is 0 Å². The summed E-state index contributed by atoms with van der Waals surface area (Å²) in [5.74, 6) is -0.731. The van der Waals surface area contributed by atoms with Gasteiger partial charge in [0.25, 0.3) is 11.8 Å². The largest absolute Gasteiger partial charge is 0.418 e. The second-order valence-electron chi connectivity index (χ2n) is 8.13. The highest BCUT2D eigenvalue weighted by Crippen LogP contribution is 2.43. The van der Waals surface area contributed by atoms with Gasteiger partial charge in [-0.3, -0.25) is 9.59 Å². The van der Waals surface area contributed by atoms with Gasteiger partial charge in [-0.1, -0.05) is 31.4 Å². The Labute approximate surface area is 183 Å². The molecule has 1 heterocycles. The number of anilines is 1. The minimum Gasteiger partial charge on any atom is -0.339 e. The Morgan fingerprint density at radius 1 is 1.06 bits per heavy atom. The van der Waals surface area contributed by atoms with E-state index in [-0.39, 0.29) is 23.2 Å². The van der Waals surface area contributed by atoms with Crippen molar-refractivity contribution in [2.45, 2.75) is 50.4 Å². The summed E-state index contributed by atoms with van der Waals surface area (Å²) >= 11 is 0. The van der Waals surface area contributed by atoms with Crippen molar-refractivity contribution in [3.8, 4) is 0 Å². The van der Waals surface area contributed by atoms with Crippen molar-refractivity contribution in [3.63, 3.8) is 0 Å². The summed E-state index contributed by atoms with van der Waals surface area (Å²) in [5.41, 5.74) is -0.132. The standard InChI is InChI=1S/C23H23F3N4O2/c1-30(16-6-3-2-4-7-16)22(32)14-10-12-15(13-11-14)28-29-20-17-8-5-9-18(23(24,25)26)19(17)27-21(20)31/h5,8-13,16,20H,2-4,6-7H2,1H3,(H,27,31)/t20-/m0/s1. The third-order valence-corrected chi connectivity index (χ3v) is 6.04. The number of rotatable bonds is 4. The Hall–Kier alpha value is -3.23. The Kier molecular flexibility index (Phi) is 5.99. The average molecular weight is 444 g/mol. The van der Waals surface area contributed by atoms with E-state index >= 15 is 0 Å². The normalized spacial score (nSPS) is 19.1. The summed E-state index contributed by atoms with van der Waals surface area (Å²) in [6.45, 7) is 0. The van der Waals surface area contributed by atoms with Gasteiger partial charge in [-0.15, -0.1) is 0 Å². The second kappa shape index (κ2) is 8.72. The number of benzene rings is 2. The van der Waals surface area contributed by atoms with Gasteiger partial charge in [0.2, 0.25) is 0 Å². The van der Waals surface area contributed by atoms with Crippen LogP contribution in [0.25, 0.3) is 0 Å². The molecule has 0 aromatic heterocycles. The lowest BCUT2D eigenvalue weighted by Gasteiger charge is -2.31. The molecule has 1 atom stereocenters. The lowest BCUT2D eigenvalue weighted by Crippen LogP contribution is -2.38. The van der Waals surface area contributed by atoms with E-state index in [2.05, 4.69) is 15.5 Å². The van der Waals surface area contributed by atoms with E-state index in [0.29, 0.717) is 11.3 Å². The predicted molar refractivity (Wildman–Crippen MR) is 113 cm³/mol. The summed E-state index contributed by atoms with van der Waals surface area (Å²) in [5, 5.41) is 10.3. The monoisotopic (exact) mass is 444 g/mol. The number of nitrogens with one attached hydrogen (secondary N) is 1. The number of hydrogen-bond acceptors (Lipinski definition) is 4. The van der Waals surface area contributed by atoms with Crippen molar-refractivity contribution >= 4 is 23.2 Å². The van der Waals surface area contributed by atoms with Gasteiger partial charge in [-0.25, -0.2) is 0 Å². The molecule has 1 aliphatic carbocycles. The Morgan fingerprint density at radius 2 is 1.75 bits per heavy atom. The number of carbonyl (C=O) groups is 2. The molecule has 2 aromatic rings. The molecule has 0 bridgehead atoms. The fourth-order valence-corrected chi connectivity index (χ4v) is 4.25. The molecule has 2 aliphatic rings. The van der Waals surface area contributed by atoms with E-state index in [4.69, 9.17) is 0 Å². The number of hydrogen-bond donors (Lipinski definition) is 1. The number of amides is 2. The Balaban J connectivity index is 1.48. The lowest BCUT2D eigenvalue weighted by molar-refractivity contribution is -0.136. The minimum absolute atomic E-state index is 0.0656. The maximum Gasteiger partial charge on any atom is 0.418 e. The topological polar surface area (TPSA) is 74.1 Å². The zero-order valence-electron chi connectivity index (χ0n) is 17.5. The first-order valence-corrected chi connectivity index (χ1v) is 10.5. The maximum absolute atomic E-state index is 13.2. The molecular formula is C23H23F3N4O2. The molecule has 0 unspecified atom stereocenters. The van der Waals surface area contributed by atoms with Crippen LogP contribution in [0.1, 0.15) is 59.6 Å². The molecule has 0 saturated heterocycles. The fraction of sp³-hybridized carbons (Fsp3) is 0.391. The minimum atomic E-state index is -4.59. The van der Waals surface area contributed by atoms with Crippen molar-refractivity contribution < 1.29 is 22.8 Å². The number of azo groups is 1. The van der Waals surface area contributed by atoms with E-state index in [1.807, 2.05) is 7.05 Å². The molecule has 32 heavy (non-hydrogen) atoms. The van der Waals surface area contributed by atoms with Crippen LogP contribution in [0.2, 0.25) is 0 Å². The highest BCUT2D eigenvalue weighted by atomic mass is 19.4. The van der Waals surface area contributed by atoms with E-state index in [1.54, 1.807) is 29.2 Å². The van der Waals surface area contributed by atoms with Gasteiger partial charge in [0.15, 0.2) is 6.04 Å². The van der Waals surface area contributed by atoms with Crippen molar-refractivity contribution in [1.82, 2.24) is 4.90 Å². The number of carbonyl (C=O) groups excluding carboxylic acids is 2. The first-order valence-electron chi connectivity index (χ1n) is 10.5. The van der Waals surface area contributed by atoms with Gasteiger partial charge in [0, 0.05) is 24.2 Å². The molecule has 0 spiro atoms. The molecule has 1 fully saturated rings. The fourth-order valence-electron chi connectivity index (χ4n) is 4.25. The van der Waals surface area contributed by atoms with Crippen LogP contribution in [0.3, 0.4) is 0 Å². The zero-order chi connectivity index (χ0) is 22.9. The van der Waals surface area contributed by atoms with Crippen LogP contribution in [0, 0.1) is 0 Å².